The number of fused-ring (bicyclic) bond motifs is 3. The fourth-order valence-electron chi connectivity index (χ4n) is 7.76. The maximum atomic E-state index is 13.7. The molecule has 1 amide bonds. The first kappa shape index (κ1) is 32.2. The molecular formula is C31H51F2N5O3. The van der Waals surface area contributed by atoms with Crippen LogP contribution in [-0.2, 0) is 16.1 Å². The highest BCUT2D eigenvalue weighted by Gasteiger charge is 2.57. The number of hydrazine groups is 1. The van der Waals surface area contributed by atoms with E-state index < -0.39 is 23.7 Å². The van der Waals surface area contributed by atoms with E-state index in [1.807, 2.05) is 44.2 Å². The first-order valence-electron chi connectivity index (χ1n) is 15.7. The smallest absolute Gasteiger partial charge is 0.251 e. The molecule has 8 nitrogen and oxygen atoms in total. The highest BCUT2D eigenvalue weighted by Crippen LogP contribution is 2.46. The highest BCUT2D eigenvalue weighted by atomic mass is 19.3. The van der Waals surface area contributed by atoms with Crippen molar-refractivity contribution < 1.29 is 23.5 Å². The Bertz CT molecular complexity index is 993. The first-order valence-corrected chi connectivity index (χ1v) is 15.7. The zero-order chi connectivity index (χ0) is 29.9. The average molecular weight is 580 g/mol. The molecule has 4 aliphatic rings. The summed E-state index contributed by atoms with van der Waals surface area (Å²) in [6, 6.07) is 10.2. The molecule has 0 radical (unpaired) electrons. The largest absolute Gasteiger partial charge is 0.352 e. The van der Waals surface area contributed by atoms with E-state index in [9.17, 15) is 18.7 Å². The number of nitrogens with zero attached hydrogens (tertiary/aromatic N) is 2. The van der Waals surface area contributed by atoms with Crippen molar-refractivity contribution in [1.29, 1.82) is 0 Å². The Kier molecular flexibility index (Phi) is 10.5. The van der Waals surface area contributed by atoms with Crippen molar-refractivity contribution in [2.24, 2.45) is 17.8 Å². The van der Waals surface area contributed by atoms with Crippen molar-refractivity contribution in [3.8, 4) is 0 Å². The number of hydrogen-bond acceptors (Lipinski definition) is 7. The second-order valence-electron chi connectivity index (χ2n) is 12.5. The molecule has 0 spiro atoms. The van der Waals surface area contributed by atoms with Crippen molar-refractivity contribution in [2.75, 3.05) is 0 Å². The van der Waals surface area contributed by atoms with Gasteiger partial charge in [-0.3, -0.25) is 9.69 Å². The number of alkyl halides is 2. The first-order chi connectivity index (χ1) is 19.5. The molecule has 1 saturated carbocycles. The Balaban J connectivity index is 0.00000189. The summed E-state index contributed by atoms with van der Waals surface area (Å²) in [5.74, 6) is -4.99. The Morgan fingerprint density at radius 3 is 2.41 bits per heavy atom. The van der Waals surface area contributed by atoms with Crippen LogP contribution in [-0.4, -0.2) is 63.1 Å². The van der Waals surface area contributed by atoms with Gasteiger partial charge in [-0.15, -0.1) is 0 Å². The number of carbonyl (C=O) groups is 1. The zero-order valence-electron chi connectivity index (χ0n) is 25.6. The van der Waals surface area contributed by atoms with Crippen LogP contribution in [0.2, 0.25) is 0 Å². The molecule has 1 aromatic carbocycles. The molecule has 232 valence electrons. The molecule has 4 fully saturated rings. The minimum absolute atomic E-state index is 0.000600. The van der Waals surface area contributed by atoms with E-state index in [2.05, 4.69) is 53.8 Å². The molecule has 5 rings (SSSR count). The number of nitrogens with one attached hydrogen (secondary N) is 3. The van der Waals surface area contributed by atoms with E-state index in [-0.39, 0.29) is 68.5 Å². The molecule has 8 atom stereocenters. The molecule has 3 heterocycles. The predicted octanol–water partition coefficient (Wildman–Crippen LogP) is 4.75. The third-order valence-electron chi connectivity index (χ3n) is 9.70. The molecule has 3 saturated heterocycles. The third kappa shape index (κ3) is 6.94. The lowest BCUT2D eigenvalue weighted by molar-refractivity contribution is -0.337. The second kappa shape index (κ2) is 13.3. The van der Waals surface area contributed by atoms with E-state index in [4.69, 9.17) is 4.84 Å². The summed E-state index contributed by atoms with van der Waals surface area (Å²) in [5.41, 5.74) is 10.5. The average Bonchev–Trinajstić information content (AvgIpc) is 3.51. The number of aryl methyl sites for hydroxylation is 1. The molecule has 4 N–H and O–H groups in total. The van der Waals surface area contributed by atoms with Gasteiger partial charge in [0.1, 0.15) is 0 Å². The van der Waals surface area contributed by atoms with Crippen molar-refractivity contribution in [1.82, 2.24) is 26.1 Å². The fourth-order valence-corrected chi connectivity index (χ4v) is 7.76. The molecule has 8 unspecified atom stereocenters. The van der Waals surface area contributed by atoms with Crippen molar-refractivity contribution in [3.05, 3.63) is 35.9 Å². The zero-order valence-corrected chi connectivity index (χ0v) is 25.6. The standard InChI is InChI=1S/C29H45F2N5O3.C2H6/c1-18-16-24-17-19(2)35-21(4)32-33-26(35)20(3)25(18)36(24)29(38,15-10-22-8-6-5-7-9-22)39-34-27(37)23-11-13-28(30,31)14-12-23;1-2/h5-9,18-21,23-26,32-33,38H,10-17H2,1-4H3,(H,34,37);1-2H3. The maximum absolute atomic E-state index is 13.7. The van der Waals surface area contributed by atoms with Gasteiger partial charge in [-0.25, -0.2) is 34.9 Å². The van der Waals surface area contributed by atoms with Gasteiger partial charge < -0.3 is 5.11 Å². The molecule has 1 aromatic rings. The molecular weight excluding hydrogens is 528 g/mol. The van der Waals surface area contributed by atoms with Crippen LogP contribution in [0.4, 0.5) is 8.78 Å². The van der Waals surface area contributed by atoms with Crippen LogP contribution in [0.25, 0.3) is 0 Å². The van der Waals surface area contributed by atoms with E-state index in [1.165, 1.54) is 0 Å². The lowest BCUT2D eigenvalue weighted by Crippen LogP contribution is -2.65. The normalized spacial score (nSPS) is 35.4. The summed E-state index contributed by atoms with van der Waals surface area (Å²) in [6.45, 7) is 12.9. The number of amides is 1. The summed E-state index contributed by atoms with van der Waals surface area (Å²) in [4.78, 5) is 23.7. The van der Waals surface area contributed by atoms with Crippen molar-refractivity contribution in [2.45, 2.75) is 135 Å². The molecule has 3 aliphatic heterocycles. The highest BCUT2D eigenvalue weighted by molar-refractivity contribution is 5.77. The maximum Gasteiger partial charge on any atom is 0.251 e. The number of hydroxylamine groups is 1. The third-order valence-corrected chi connectivity index (χ3v) is 9.70. The number of halogens is 2. The molecule has 0 aromatic heterocycles. The van der Waals surface area contributed by atoms with Gasteiger partial charge in [0.25, 0.3) is 5.91 Å². The Morgan fingerprint density at radius 1 is 1.10 bits per heavy atom. The molecule has 10 heteroatoms. The van der Waals surface area contributed by atoms with E-state index in [1.54, 1.807) is 0 Å². The van der Waals surface area contributed by atoms with Gasteiger partial charge in [0.15, 0.2) is 0 Å². The van der Waals surface area contributed by atoms with Gasteiger partial charge >= 0.3 is 0 Å². The molecule has 41 heavy (non-hydrogen) atoms. The topological polar surface area (TPSA) is 89.1 Å². The SMILES string of the molecule is CC.CC1CC2CC(C)N3C(C)NNC3C(C)C1N2C(O)(CCc1ccccc1)ONC(=O)C1CCC(F)(F)CC1. The summed E-state index contributed by atoms with van der Waals surface area (Å²) in [6.07, 6.45) is 2.49. The van der Waals surface area contributed by atoms with Crippen LogP contribution in [0.15, 0.2) is 30.3 Å². The van der Waals surface area contributed by atoms with Crippen LogP contribution in [0.3, 0.4) is 0 Å². The fraction of sp³-hybridized carbons (Fsp3) is 0.774. The number of benzene rings is 1. The summed E-state index contributed by atoms with van der Waals surface area (Å²) in [7, 11) is 0. The summed E-state index contributed by atoms with van der Waals surface area (Å²) < 4.78 is 27.4. The van der Waals surface area contributed by atoms with Crippen molar-refractivity contribution >= 4 is 5.91 Å². The quantitative estimate of drug-likeness (QED) is 0.274. The van der Waals surface area contributed by atoms with E-state index >= 15 is 0 Å². The molecule has 1 aliphatic carbocycles. The van der Waals surface area contributed by atoms with Crippen LogP contribution < -0.4 is 16.3 Å². The summed E-state index contributed by atoms with van der Waals surface area (Å²) in [5, 5.41) is 12.4. The number of rotatable bonds is 7. The van der Waals surface area contributed by atoms with Crippen LogP contribution in [0, 0.1) is 17.8 Å². The van der Waals surface area contributed by atoms with Gasteiger partial charge in [-0.1, -0.05) is 58.0 Å². The lowest BCUT2D eigenvalue weighted by Gasteiger charge is -2.50. The van der Waals surface area contributed by atoms with E-state index in [0.29, 0.717) is 12.3 Å². The van der Waals surface area contributed by atoms with Crippen LogP contribution in [0.1, 0.15) is 92.1 Å². The van der Waals surface area contributed by atoms with E-state index in [0.717, 1.165) is 18.4 Å². The summed E-state index contributed by atoms with van der Waals surface area (Å²) >= 11 is 0. The monoisotopic (exact) mass is 579 g/mol. The molecule has 2 bridgehead atoms. The minimum atomic E-state index is -2.71. The number of hydrogen-bond donors (Lipinski definition) is 4. The van der Waals surface area contributed by atoms with Gasteiger partial charge in [-0.2, -0.15) is 0 Å². The van der Waals surface area contributed by atoms with Gasteiger partial charge in [-0.05, 0) is 57.4 Å². The number of carbonyl (C=O) groups excluding carboxylic acids is 1. The predicted molar refractivity (Wildman–Crippen MR) is 155 cm³/mol. The van der Waals surface area contributed by atoms with Crippen LogP contribution >= 0.6 is 0 Å². The van der Waals surface area contributed by atoms with Crippen LogP contribution in [0.5, 0.6) is 0 Å². The van der Waals surface area contributed by atoms with Crippen molar-refractivity contribution in [3.63, 3.8) is 0 Å². The number of aliphatic hydroxyl groups is 1. The minimum Gasteiger partial charge on any atom is -0.352 e. The lowest BCUT2D eigenvalue weighted by atomic mass is 9.86. The second-order valence-corrected chi connectivity index (χ2v) is 12.5. The Hall–Kier alpha value is -1.69. The Labute approximate surface area is 244 Å². The van der Waals surface area contributed by atoms with Gasteiger partial charge in [0.05, 0.1) is 12.3 Å². The van der Waals surface area contributed by atoms with Gasteiger partial charge in [0, 0.05) is 49.2 Å². The van der Waals surface area contributed by atoms with Gasteiger partial charge in [0.2, 0.25) is 11.8 Å². The Morgan fingerprint density at radius 2 is 1.76 bits per heavy atom.